The van der Waals surface area contributed by atoms with Crippen LogP contribution >= 0.6 is 0 Å². The van der Waals surface area contributed by atoms with Crippen LogP contribution in [0, 0.1) is 11.3 Å². The Bertz CT molecular complexity index is 1480. The van der Waals surface area contributed by atoms with Crippen LogP contribution < -0.4 is 19.7 Å². The van der Waals surface area contributed by atoms with E-state index in [0.29, 0.717) is 64.9 Å². The number of aromatic nitrogens is 3. The number of carbonyl (C=O) groups is 1. The smallest absolute Gasteiger partial charge is 0.263 e. The predicted octanol–water partition coefficient (Wildman–Crippen LogP) is 1.72. The first kappa shape index (κ1) is 26.2. The second kappa shape index (κ2) is 10.2. The van der Waals surface area contributed by atoms with E-state index in [-0.39, 0.29) is 37.7 Å². The summed E-state index contributed by atoms with van der Waals surface area (Å²) in [4.78, 5) is 27.4. The van der Waals surface area contributed by atoms with E-state index >= 15 is 0 Å². The van der Waals surface area contributed by atoms with Crippen LogP contribution in [0.4, 0.5) is 11.6 Å². The largest absolute Gasteiger partial charge is 0.480 e. The van der Waals surface area contributed by atoms with E-state index in [9.17, 15) is 15.2 Å². The quantitative estimate of drug-likeness (QED) is 0.377. The van der Waals surface area contributed by atoms with Gasteiger partial charge in [0.15, 0.2) is 18.2 Å². The van der Waals surface area contributed by atoms with Crippen molar-refractivity contribution in [2.45, 2.75) is 49.3 Å². The average molecular weight is 547 g/mol. The number of pyridine rings is 3. The third kappa shape index (κ3) is 4.46. The number of aliphatic hydroxyl groups excluding tert-OH is 2. The highest BCUT2D eigenvalue weighted by Crippen LogP contribution is 2.49. The first-order valence-corrected chi connectivity index (χ1v) is 13.3. The van der Waals surface area contributed by atoms with Crippen molar-refractivity contribution < 1.29 is 29.2 Å². The molecule has 3 N–H and O–H groups in total. The number of aliphatic hydroxyl groups is 2. The number of carbonyl (C=O) groups excluding carboxylic acids is 1. The van der Waals surface area contributed by atoms with Gasteiger partial charge in [0.2, 0.25) is 5.88 Å². The number of rotatable bonds is 8. The van der Waals surface area contributed by atoms with Crippen molar-refractivity contribution in [1.29, 1.82) is 5.26 Å². The van der Waals surface area contributed by atoms with Crippen molar-refractivity contribution in [3.63, 3.8) is 0 Å². The molecular formula is C28H30N6O6. The molecule has 12 nitrogen and oxygen atoms in total. The van der Waals surface area contributed by atoms with Gasteiger partial charge in [-0.05, 0) is 43.9 Å². The Morgan fingerprint density at radius 1 is 1.23 bits per heavy atom. The highest BCUT2D eigenvalue weighted by atomic mass is 16.5. The second-order valence-electron chi connectivity index (χ2n) is 10.6. The van der Waals surface area contributed by atoms with Crippen LogP contribution in [0.3, 0.4) is 0 Å². The van der Waals surface area contributed by atoms with E-state index < -0.39 is 11.7 Å². The molecule has 1 unspecified atom stereocenters. The number of hydrogen-bond donors (Lipinski definition) is 3. The summed E-state index contributed by atoms with van der Waals surface area (Å²) >= 11 is 0. The maximum atomic E-state index is 11.8. The van der Waals surface area contributed by atoms with Crippen LogP contribution in [-0.4, -0.2) is 81.8 Å². The minimum atomic E-state index is -0.869. The van der Waals surface area contributed by atoms with Gasteiger partial charge in [0.1, 0.15) is 18.5 Å². The zero-order chi connectivity index (χ0) is 27.9. The lowest BCUT2D eigenvalue weighted by atomic mass is 9.67. The summed E-state index contributed by atoms with van der Waals surface area (Å²) in [5, 5.41) is 33.2. The summed E-state index contributed by atoms with van der Waals surface area (Å²) in [6.45, 7) is 0.331. The van der Waals surface area contributed by atoms with Crippen LogP contribution in [0.5, 0.6) is 11.6 Å². The Kier molecular flexibility index (Phi) is 6.66. The summed E-state index contributed by atoms with van der Waals surface area (Å²) in [6, 6.07) is 9.27. The van der Waals surface area contributed by atoms with Crippen molar-refractivity contribution in [2.24, 2.45) is 0 Å². The molecule has 40 heavy (non-hydrogen) atoms. The topological polar surface area (TPSA) is 163 Å². The number of nitrogens with one attached hydrogen (secondary N) is 1. The van der Waals surface area contributed by atoms with E-state index in [2.05, 4.69) is 31.2 Å². The molecule has 3 aliphatic heterocycles. The second-order valence-corrected chi connectivity index (χ2v) is 10.6. The number of ether oxygens (including phenoxy) is 3. The number of nitrogens with zero attached hydrogens (tertiary/aromatic N) is 5. The van der Waals surface area contributed by atoms with E-state index in [1.54, 1.807) is 12.1 Å². The third-order valence-corrected chi connectivity index (χ3v) is 8.43. The van der Waals surface area contributed by atoms with Crippen molar-refractivity contribution >= 4 is 28.6 Å². The summed E-state index contributed by atoms with van der Waals surface area (Å²) in [6.07, 6.45) is 3.63. The molecule has 2 saturated heterocycles. The standard InChI is InChI=1S/C28H30N6O6/c1-34(22-4-3-20-26(31-22)32-23(37)15-39-20)27-6-8-28(9-7-27,40-16-27)21(36)12-18-17(13-29)14-30-19-2-5-24(33-25(18)19)38-11-10-35/h2-5,14,21,35-36H,6-12,15-16H2,1H3,(H,31,32,37). The fraction of sp³-hybridized carbons (Fsp3) is 0.464. The van der Waals surface area contributed by atoms with Gasteiger partial charge in [-0.3, -0.25) is 9.78 Å². The molecule has 1 aliphatic carbocycles. The molecule has 12 heteroatoms. The monoisotopic (exact) mass is 546 g/mol. The number of nitriles is 1. The maximum absolute atomic E-state index is 11.8. The molecular weight excluding hydrogens is 516 g/mol. The van der Waals surface area contributed by atoms with Gasteiger partial charge in [-0.25, -0.2) is 9.97 Å². The van der Waals surface area contributed by atoms with Crippen molar-refractivity contribution in [3.05, 3.63) is 41.6 Å². The van der Waals surface area contributed by atoms with Gasteiger partial charge in [0.05, 0.1) is 47.1 Å². The van der Waals surface area contributed by atoms with Crippen LogP contribution in [0.15, 0.2) is 30.5 Å². The summed E-state index contributed by atoms with van der Waals surface area (Å²) in [7, 11) is 1.97. The molecule has 0 spiro atoms. The maximum Gasteiger partial charge on any atom is 0.263 e. The molecule has 3 fully saturated rings. The Morgan fingerprint density at radius 3 is 2.77 bits per heavy atom. The van der Waals surface area contributed by atoms with Gasteiger partial charge in [-0.15, -0.1) is 0 Å². The Hall–Kier alpha value is -4.05. The average Bonchev–Trinajstić information content (AvgIpc) is 3.00. The van der Waals surface area contributed by atoms with Gasteiger partial charge >= 0.3 is 0 Å². The molecule has 1 amide bonds. The van der Waals surface area contributed by atoms with Gasteiger partial charge in [-0.1, -0.05) is 0 Å². The van der Waals surface area contributed by atoms with Gasteiger partial charge in [0.25, 0.3) is 5.91 Å². The molecule has 0 aromatic carbocycles. The zero-order valence-electron chi connectivity index (χ0n) is 22.1. The number of likely N-dealkylation sites (N-methyl/N-ethyl adjacent to an activating group) is 1. The molecule has 3 aromatic heterocycles. The van der Waals surface area contributed by atoms with Crippen LogP contribution in [0.2, 0.25) is 0 Å². The normalized spacial score (nSPS) is 24.0. The molecule has 7 rings (SSSR count). The molecule has 3 aromatic rings. The molecule has 6 heterocycles. The zero-order valence-corrected chi connectivity index (χ0v) is 22.1. The lowest BCUT2D eigenvalue weighted by molar-refractivity contribution is -0.201. The third-order valence-electron chi connectivity index (χ3n) is 8.43. The first-order chi connectivity index (χ1) is 19.4. The number of anilines is 2. The lowest BCUT2D eigenvalue weighted by Crippen LogP contribution is -2.65. The molecule has 2 bridgehead atoms. The first-order valence-electron chi connectivity index (χ1n) is 13.3. The fourth-order valence-corrected chi connectivity index (χ4v) is 5.96. The minimum absolute atomic E-state index is 0.0219. The Labute approximate surface area is 230 Å². The highest BCUT2D eigenvalue weighted by molar-refractivity contribution is 5.94. The Balaban J connectivity index is 1.21. The Morgan fingerprint density at radius 2 is 2.05 bits per heavy atom. The van der Waals surface area contributed by atoms with Gasteiger partial charge < -0.3 is 34.6 Å². The summed E-state index contributed by atoms with van der Waals surface area (Å²) in [5.74, 6) is 1.73. The molecule has 4 aliphatic rings. The van der Waals surface area contributed by atoms with Gasteiger partial charge in [-0.2, -0.15) is 5.26 Å². The molecule has 1 saturated carbocycles. The van der Waals surface area contributed by atoms with E-state index in [4.69, 9.17) is 19.3 Å². The molecule has 1 atom stereocenters. The van der Waals surface area contributed by atoms with E-state index in [1.165, 1.54) is 6.20 Å². The molecule has 0 radical (unpaired) electrons. The highest BCUT2D eigenvalue weighted by Gasteiger charge is 2.55. The van der Waals surface area contributed by atoms with Crippen molar-refractivity contribution in [1.82, 2.24) is 15.0 Å². The SMILES string of the molecule is CN(c1ccc2c(n1)NC(=O)CO2)C12CCC(C(O)Cc3c(C#N)cnc4ccc(OCCO)nc34)(CC1)OC2. The van der Waals surface area contributed by atoms with Crippen LogP contribution in [-0.2, 0) is 16.0 Å². The molecule has 208 valence electrons. The van der Waals surface area contributed by atoms with Crippen LogP contribution in [0.1, 0.15) is 36.8 Å². The fourth-order valence-electron chi connectivity index (χ4n) is 5.96. The van der Waals surface area contributed by atoms with Crippen molar-refractivity contribution in [3.8, 4) is 17.7 Å². The number of amides is 1. The predicted molar refractivity (Wildman–Crippen MR) is 143 cm³/mol. The van der Waals surface area contributed by atoms with Crippen molar-refractivity contribution in [2.75, 3.05) is 43.7 Å². The number of fused-ring (bicyclic) bond motifs is 5. The summed E-state index contributed by atoms with van der Waals surface area (Å²) < 4.78 is 17.4. The van der Waals surface area contributed by atoms with E-state index in [1.807, 2.05) is 19.2 Å². The van der Waals surface area contributed by atoms with Crippen LogP contribution in [0.25, 0.3) is 11.0 Å². The van der Waals surface area contributed by atoms with E-state index in [0.717, 1.165) is 12.8 Å². The van der Waals surface area contributed by atoms with Gasteiger partial charge in [0, 0.05) is 31.3 Å². The summed E-state index contributed by atoms with van der Waals surface area (Å²) in [5.41, 5.74) is 0.952. The lowest BCUT2D eigenvalue weighted by Gasteiger charge is -2.58. The number of hydrogen-bond acceptors (Lipinski definition) is 11. The minimum Gasteiger partial charge on any atom is -0.480 e.